The van der Waals surface area contributed by atoms with E-state index < -0.39 is 32.3 Å². The number of rotatable bonds is 9. The van der Waals surface area contributed by atoms with Gasteiger partial charge in [0.2, 0.25) is 15.9 Å². The minimum absolute atomic E-state index is 0.0625. The summed E-state index contributed by atoms with van der Waals surface area (Å²) in [5, 5.41) is 0.480. The Morgan fingerprint density at radius 1 is 1.00 bits per heavy atom. The van der Waals surface area contributed by atoms with Crippen molar-refractivity contribution in [2.75, 3.05) is 27.1 Å². The van der Waals surface area contributed by atoms with Crippen molar-refractivity contribution in [3.63, 3.8) is 0 Å². The molecule has 1 spiro atoms. The van der Waals surface area contributed by atoms with Crippen molar-refractivity contribution in [2.24, 2.45) is 5.41 Å². The maximum absolute atomic E-state index is 14.2. The van der Waals surface area contributed by atoms with Crippen LogP contribution in [0, 0.1) is 12.3 Å². The SMILES string of the molecule is COc1ccc(-c2c(C3CCCCC3)c3ccc(C(=O)NS(=O)(=O)C4CCCC4)cc3n2CC(C)(C)C(=O)N2COCC23CO3)c(C)c1. The highest BCUT2D eigenvalue weighted by molar-refractivity contribution is 7.90. The molecule has 4 aliphatic rings. The van der Waals surface area contributed by atoms with Crippen molar-refractivity contribution >= 4 is 32.7 Å². The minimum Gasteiger partial charge on any atom is -0.497 e. The Morgan fingerprint density at radius 2 is 1.71 bits per heavy atom. The standard InChI is InChI=1S/C37H47N3O7S/c1-24-18-27(45-4)15-17-29(24)33-32(25-10-6-5-7-11-25)30-16-14-26(34(41)38-48(43,44)28-12-8-9-13-28)19-31(30)39(33)20-36(2,3)35(42)40-23-46-21-37(40)22-47-37/h14-19,25,28H,5-13,20-23H2,1-4H3,(H,38,41). The summed E-state index contributed by atoms with van der Waals surface area (Å²) >= 11 is 0. The predicted molar refractivity (Wildman–Crippen MR) is 183 cm³/mol. The van der Waals surface area contributed by atoms with Gasteiger partial charge in [0.1, 0.15) is 19.1 Å². The number of aryl methyl sites for hydroxylation is 1. The second-order valence-electron chi connectivity index (χ2n) is 14.8. The summed E-state index contributed by atoms with van der Waals surface area (Å²) in [7, 11) is -2.14. The Hall–Kier alpha value is -3.41. The normalized spacial score (nSPS) is 22.1. The third kappa shape index (κ3) is 5.92. The number of hydrogen-bond donors (Lipinski definition) is 1. The average Bonchev–Trinajstić information content (AvgIpc) is 3.38. The van der Waals surface area contributed by atoms with E-state index in [4.69, 9.17) is 14.2 Å². The number of hydrogen-bond acceptors (Lipinski definition) is 7. The summed E-state index contributed by atoms with van der Waals surface area (Å²) < 4.78 is 47.8. The highest BCUT2D eigenvalue weighted by Crippen LogP contribution is 2.47. The van der Waals surface area contributed by atoms with Gasteiger partial charge in [-0.05, 0) is 93.8 Å². The monoisotopic (exact) mass is 677 g/mol. The van der Waals surface area contributed by atoms with Crippen LogP contribution in [0.3, 0.4) is 0 Å². The van der Waals surface area contributed by atoms with Gasteiger partial charge in [-0.15, -0.1) is 0 Å². The number of fused-ring (bicyclic) bond motifs is 1. The third-order valence-corrected chi connectivity index (χ3v) is 12.8. The number of aromatic nitrogens is 1. The van der Waals surface area contributed by atoms with Crippen molar-refractivity contribution in [3.05, 3.63) is 53.1 Å². The van der Waals surface area contributed by atoms with Gasteiger partial charge in [-0.25, -0.2) is 13.1 Å². The Morgan fingerprint density at radius 3 is 2.38 bits per heavy atom. The van der Waals surface area contributed by atoms with Gasteiger partial charge in [-0.3, -0.25) is 14.5 Å². The van der Waals surface area contributed by atoms with Crippen LogP contribution < -0.4 is 9.46 Å². The number of methoxy groups -OCH3 is 1. The zero-order valence-corrected chi connectivity index (χ0v) is 29.3. The third-order valence-electron chi connectivity index (χ3n) is 10.9. The zero-order chi connectivity index (χ0) is 33.8. The number of carbonyl (C=O) groups excluding carboxylic acids is 2. The number of ether oxygens (including phenoxy) is 3. The van der Waals surface area contributed by atoms with Crippen molar-refractivity contribution in [1.29, 1.82) is 0 Å². The Kier molecular flexibility index (Phi) is 8.61. The molecular formula is C37H47N3O7S. The first-order valence-electron chi connectivity index (χ1n) is 17.3. The van der Waals surface area contributed by atoms with Crippen molar-refractivity contribution in [3.8, 4) is 17.0 Å². The van der Waals surface area contributed by atoms with Gasteiger partial charge < -0.3 is 18.8 Å². The summed E-state index contributed by atoms with van der Waals surface area (Å²) in [5.41, 5.74) is 3.87. The highest BCUT2D eigenvalue weighted by atomic mass is 32.2. The molecule has 1 N–H and O–H groups in total. The molecule has 2 aromatic carbocycles. The summed E-state index contributed by atoms with van der Waals surface area (Å²) in [6, 6.07) is 11.6. The maximum Gasteiger partial charge on any atom is 0.264 e. The van der Waals surface area contributed by atoms with Gasteiger partial charge in [0.25, 0.3) is 5.91 Å². The summed E-state index contributed by atoms with van der Waals surface area (Å²) in [6.45, 7) is 7.32. The lowest BCUT2D eigenvalue weighted by atomic mass is 9.81. The number of nitrogens with zero attached hydrogens (tertiary/aromatic N) is 2. The molecule has 11 heteroatoms. The van der Waals surface area contributed by atoms with Crippen LogP contribution >= 0.6 is 0 Å². The molecule has 1 unspecified atom stereocenters. The van der Waals surface area contributed by atoms with Crippen LogP contribution in [0.4, 0.5) is 0 Å². The van der Waals surface area contributed by atoms with E-state index in [0.717, 1.165) is 72.0 Å². The molecule has 258 valence electrons. The van der Waals surface area contributed by atoms with E-state index in [1.807, 2.05) is 38.1 Å². The molecule has 0 bridgehead atoms. The van der Waals surface area contributed by atoms with Crippen LogP contribution in [0.15, 0.2) is 36.4 Å². The number of sulfonamides is 1. The Bertz CT molecular complexity index is 1850. The molecule has 0 radical (unpaired) electrons. The molecule has 4 fully saturated rings. The average molecular weight is 678 g/mol. The quantitative estimate of drug-likeness (QED) is 0.266. The lowest BCUT2D eigenvalue weighted by molar-refractivity contribution is -0.146. The van der Waals surface area contributed by atoms with E-state index in [-0.39, 0.29) is 18.2 Å². The number of nitrogens with one attached hydrogen (secondary N) is 1. The molecular weight excluding hydrogens is 630 g/mol. The molecule has 2 amide bonds. The topological polar surface area (TPSA) is 119 Å². The zero-order valence-electron chi connectivity index (χ0n) is 28.5. The van der Waals surface area contributed by atoms with Crippen LogP contribution in [0.2, 0.25) is 0 Å². The van der Waals surface area contributed by atoms with Crippen LogP contribution in [0.1, 0.15) is 99.0 Å². The van der Waals surface area contributed by atoms with E-state index in [9.17, 15) is 18.0 Å². The second-order valence-corrected chi connectivity index (χ2v) is 16.8. The summed E-state index contributed by atoms with van der Waals surface area (Å²) in [5.74, 6) is 0.373. The minimum atomic E-state index is -3.79. The molecule has 48 heavy (non-hydrogen) atoms. The van der Waals surface area contributed by atoms with E-state index >= 15 is 0 Å². The fraction of sp³-hybridized carbons (Fsp3) is 0.568. The van der Waals surface area contributed by atoms with Crippen molar-refractivity contribution in [2.45, 2.75) is 102 Å². The Labute approximate surface area is 283 Å². The largest absolute Gasteiger partial charge is 0.497 e. The van der Waals surface area contributed by atoms with E-state index in [2.05, 4.69) is 22.3 Å². The molecule has 7 rings (SSSR count). The molecule has 3 heterocycles. The van der Waals surface area contributed by atoms with Crippen LogP contribution in [-0.2, 0) is 30.8 Å². The van der Waals surface area contributed by atoms with E-state index in [1.165, 1.54) is 12.0 Å². The van der Waals surface area contributed by atoms with Crippen LogP contribution in [0.5, 0.6) is 5.75 Å². The smallest absolute Gasteiger partial charge is 0.264 e. The number of amides is 2. The number of carbonyl (C=O) groups is 2. The molecule has 10 nitrogen and oxygen atoms in total. The first-order chi connectivity index (χ1) is 22.9. The van der Waals surface area contributed by atoms with Crippen molar-refractivity contribution in [1.82, 2.24) is 14.2 Å². The molecule has 2 aliphatic heterocycles. The fourth-order valence-corrected chi connectivity index (χ4v) is 9.66. The molecule has 2 saturated heterocycles. The first-order valence-corrected chi connectivity index (χ1v) is 18.9. The number of epoxide rings is 1. The highest BCUT2D eigenvalue weighted by Gasteiger charge is 2.58. The van der Waals surface area contributed by atoms with Gasteiger partial charge in [-0.2, -0.15) is 0 Å². The van der Waals surface area contributed by atoms with Crippen LogP contribution in [0.25, 0.3) is 22.2 Å². The van der Waals surface area contributed by atoms with Gasteiger partial charge in [0, 0.05) is 28.6 Å². The van der Waals surface area contributed by atoms with Crippen molar-refractivity contribution < 1.29 is 32.2 Å². The lowest BCUT2D eigenvalue weighted by Gasteiger charge is -2.32. The second kappa shape index (κ2) is 12.5. The summed E-state index contributed by atoms with van der Waals surface area (Å²) in [4.78, 5) is 29.6. The van der Waals surface area contributed by atoms with Crippen LogP contribution in [-0.4, -0.2) is 67.7 Å². The molecule has 3 aromatic rings. The van der Waals surface area contributed by atoms with Gasteiger partial charge >= 0.3 is 0 Å². The molecule has 1 atom stereocenters. The van der Waals surface area contributed by atoms with Gasteiger partial charge in [0.05, 0.1) is 30.1 Å². The molecule has 1 aromatic heterocycles. The Balaban J connectivity index is 1.39. The molecule has 2 aliphatic carbocycles. The van der Waals surface area contributed by atoms with Gasteiger partial charge in [-0.1, -0.05) is 38.2 Å². The number of benzene rings is 2. The van der Waals surface area contributed by atoms with E-state index in [1.54, 1.807) is 18.1 Å². The fourth-order valence-electron chi connectivity index (χ4n) is 8.16. The lowest BCUT2D eigenvalue weighted by Crippen LogP contribution is -2.47. The first kappa shape index (κ1) is 33.1. The predicted octanol–water partition coefficient (Wildman–Crippen LogP) is 6.24. The maximum atomic E-state index is 14.2. The molecule has 2 saturated carbocycles. The summed E-state index contributed by atoms with van der Waals surface area (Å²) in [6.07, 6.45) is 8.42. The van der Waals surface area contributed by atoms with E-state index in [0.29, 0.717) is 38.5 Å². The van der Waals surface area contributed by atoms with Gasteiger partial charge in [0.15, 0.2) is 5.72 Å².